The van der Waals surface area contributed by atoms with Crippen molar-refractivity contribution in [2.45, 2.75) is 45.8 Å². The first-order valence-corrected chi connectivity index (χ1v) is 5.50. The molecule has 0 radical (unpaired) electrons. The van der Waals surface area contributed by atoms with Gasteiger partial charge in [-0.25, -0.2) is 0 Å². The number of methoxy groups -OCH3 is 1. The van der Waals surface area contributed by atoms with Crippen LogP contribution in [0.5, 0.6) is 0 Å². The molecule has 0 aromatic carbocycles. The molecule has 0 aromatic heterocycles. The van der Waals surface area contributed by atoms with E-state index >= 15 is 0 Å². The van der Waals surface area contributed by atoms with Crippen LogP contribution in [0.3, 0.4) is 0 Å². The Morgan fingerprint density at radius 1 is 1.27 bits per heavy atom. The van der Waals surface area contributed by atoms with Crippen LogP contribution in [-0.4, -0.2) is 32.6 Å². The average molecular weight is 218 g/mol. The minimum atomic E-state index is -0.207. The smallest absolute Gasteiger partial charge is 0.305 e. The van der Waals surface area contributed by atoms with E-state index in [2.05, 4.69) is 6.92 Å². The summed E-state index contributed by atoms with van der Waals surface area (Å²) in [7, 11) is 1.59. The number of esters is 1. The summed E-state index contributed by atoms with van der Waals surface area (Å²) in [5, 5.41) is 0. The first-order valence-electron chi connectivity index (χ1n) is 5.50. The van der Waals surface area contributed by atoms with Crippen LogP contribution in [0.25, 0.3) is 0 Å². The van der Waals surface area contributed by atoms with E-state index < -0.39 is 0 Å². The lowest BCUT2D eigenvalue weighted by Gasteiger charge is -2.10. The Balaban J connectivity index is 3.23. The Kier molecular flexibility index (Phi) is 9.52. The number of unbranched alkanes of at least 4 members (excludes halogenated alkanes) is 1. The number of carbonyl (C=O) groups excluding carboxylic acids is 1. The summed E-state index contributed by atoms with van der Waals surface area (Å²) < 4.78 is 15.1. The van der Waals surface area contributed by atoms with Crippen molar-refractivity contribution < 1.29 is 19.0 Å². The largest absolute Gasteiger partial charge is 0.466 e. The SMILES string of the molecule is CCCCOC(=O)CCCOC(C)OC. The summed E-state index contributed by atoms with van der Waals surface area (Å²) >= 11 is 0. The maximum absolute atomic E-state index is 11.1. The second-order valence-electron chi connectivity index (χ2n) is 3.35. The summed E-state index contributed by atoms with van der Waals surface area (Å²) in [4.78, 5) is 11.1. The Bertz CT molecular complexity index is 159. The molecular weight excluding hydrogens is 196 g/mol. The minimum Gasteiger partial charge on any atom is -0.466 e. The van der Waals surface area contributed by atoms with E-state index in [1.807, 2.05) is 6.92 Å². The van der Waals surface area contributed by atoms with Gasteiger partial charge in [0.2, 0.25) is 0 Å². The molecule has 90 valence electrons. The molecule has 0 rings (SSSR count). The van der Waals surface area contributed by atoms with Gasteiger partial charge in [-0.15, -0.1) is 0 Å². The van der Waals surface area contributed by atoms with E-state index in [1.54, 1.807) is 7.11 Å². The van der Waals surface area contributed by atoms with Crippen molar-refractivity contribution in [3.8, 4) is 0 Å². The highest BCUT2D eigenvalue weighted by atomic mass is 16.7. The highest BCUT2D eigenvalue weighted by Gasteiger charge is 2.03. The molecule has 0 saturated heterocycles. The molecule has 0 amide bonds. The average Bonchev–Trinajstić information content (AvgIpc) is 2.24. The lowest BCUT2D eigenvalue weighted by molar-refractivity contribution is -0.145. The molecule has 0 aromatic rings. The maximum Gasteiger partial charge on any atom is 0.305 e. The van der Waals surface area contributed by atoms with Crippen LogP contribution in [-0.2, 0) is 19.0 Å². The van der Waals surface area contributed by atoms with Gasteiger partial charge in [0, 0.05) is 13.5 Å². The van der Waals surface area contributed by atoms with E-state index in [4.69, 9.17) is 14.2 Å². The monoisotopic (exact) mass is 218 g/mol. The minimum absolute atomic E-state index is 0.142. The van der Waals surface area contributed by atoms with Gasteiger partial charge in [-0.1, -0.05) is 13.3 Å². The Hall–Kier alpha value is -0.610. The third-order valence-electron chi connectivity index (χ3n) is 1.97. The lowest BCUT2D eigenvalue weighted by atomic mass is 10.3. The van der Waals surface area contributed by atoms with Gasteiger partial charge in [0.25, 0.3) is 0 Å². The first-order chi connectivity index (χ1) is 7.20. The fourth-order valence-electron chi connectivity index (χ4n) is 0.936. The Labute approximate surface area is 91.9 Å². The molecule has 0 saturated carbocycles. The van der Waals surface area contributed by atoms with Crippen molar-refractivity contribution in [1.29, 1.82) is 0 Å². The van der Waals surface area contributed by atoms with Gasteiger partial charge >= 0.3 is 5.97 Å². The van der Waals surface area contributed by atoms with E-state index in [0.717, 1.165) is 12.8 Å². The number of carbonyl (C=O) groups is 1. The molecule has 4 heteroatoms. The lowest BCUT2D eigenvalue weighted by Crippen LogP contribution is -2.12. The van der Waals surface area contributed by atoms with Gasteiger partial charge in [0.05, 0.1) is 13.2 Å². The summed E-state index contributed by atoms with van der Waals surface area (Å²) in [5.74, 6) is -0.142. The summed E-state index contributed by atoms with van der Waals surface area (Å²) in [6.07, 6.45) is 2.87. The van der Waals surface area contributed by atoms with Crippen LogP contribution in [0.2, 0.25) is 0 Å². The molecule has 1 atom stereocenters. The maximum atomic E-state index is 11.1. The predicted octanol–water partition coefficient (Wildman–Crippen LogP) is 2.12. The van der Waals surface area contributed by atoms with Crippen molar-refractivity contribution >= 4 is 5.97 Å². The molecule has 0 aliphatic heterocycles. The van der Waals surface area contributed by atoms with Crippen molar-refractivity contribution in [3.63, 3.8) is 0 Å². The molecule has 0 bridgehead atoms. The molecule has 15 heavy (non-hydrogen) atoms. The topological polar surface area (TPSA) is 44.8 Å². The quantitative estimate of drug-likeness (QED) is 0.338. The van der Waals surface area contributed by atoms with Crippen LogP contribution in [0.4, 0.5) is 0 Å². The molecule has 0 fully saturated rings. The van der Waals surface area contributed by atoms with E-state index in [0.29, 0.717) is 26.1 Å². The molecule has 4 nitrogen and oxygen atoms in total. The number of rotatable bonds is 9. The summed E-state index contributed by atoms with van der Waals surface area (Å²) in [5.41, 5.74) is 0. The highest BCUT2D eigenvalue weighted by Crippen LogP contribution is 1.98. The van der Waals surface area contributed by atoms with Crippen LogP contribution in [0.1, 0.15) is 39.5 Å². The van der Waals surface area contributed by atoms with Gasteiger partial charge < -0.3 is 14.2 Å². The predicted molar refractivity (Wildman–Crippen MR) is 57.5 cm³/mol. The summed E-state index contributed by atoms with van der Waals surface area (Å²) in [6.45, 7) is 4.94. The van der Waals surface area contributed by atoms with Crippen molar-refractivity contribution in [2.75, 3.05) is 20.3 Å². The molecule has 0 spiro atoms. The van der Waals surface area contributed by atoms with Gasteiger partial charge in [0.15, 0.2) is 6.29 Å². The zero-order valence-corrected chi connectivity index (χ0v) is 9.95. The number of hydrogen-bond acceptors (Lipinski definition) is 4. The van der Waals surface area contributed by atoms with Crippen LogP contribution in [0.15, 0.2) is 0 Å². The zero-order valence-electron chi connectivity index (χ0n) is 9.95. The van der Waals surface area contributed by atoms with Gasteiger partial charge in [-0.05, 0) is 19.8 Å². The second-order valence-corrected chi connectivity index (χ2v) is 3.35. The van der Waals surface area contributed by atoms with Crippen LogP contribution >= 0.6 is 0 Å². The fourth-order valence-corrected chi connectivity index (χ4v) is 0.936. The molecule has 1 unspecified atom stereocenters. The standard InChI is InChI=1S/C11H22O4/c1-4-5-8-15-11(12)7-6-9-14-10(2)13-3/h10H,4-9H2,1-3H3. The van der Waals surface area contributed by atoms with E-state index in [1.165, 1.54) is 0 Å². The normalized spacial score (nSPS) is 12.5. The zero-order chi connectivity index (χ0) is 11.5. The highest BCUT2D eigenvalue weighted by molar-refractivity contribution is 5.69. The fraction of sp³-hybridized carbons (Fsp3) is 0.909. The third kappa shape index (κ3) is 9.69. The second kappa shape index (κ2) is 9.93. The molecule has 0 heterocycles. The van der Waals surface area contributed by atoms with Crippen LogP contribution < -0.4 is 0 Å². The molecule has 0 aliphatic carbocycles. The molecular formula is C11H22O4. The van der Waals surface area contributed by atoms with Gasteiger partial charge in [-0.2, -0.15) is 0 Å². The van der Waals surface area contributed by atoms with Gasteiger partial charge in [0.1, 0.15) is 0 Å². The van der Waals surface area contributed by atoms with Crippen molar-refractivity contribution in [3.05, 3.63) is 0 Å². The number of hydrogen-bond donors (Lipinski definition) is 0. The van der Waals surface area contributed by atoms with Crippen LogP contribution in [0, 0.1) is 0 Å². The third-order valence-corrected chi connectivity index (χ3v) is 1.97. The summed E-state index contributed by atoms with van der Waals surface area (Å²) in [6, 6.07) is 0. The molecule has 0 aliphatic rings. The van der Waals surface area contributed by atoms with Crippen molar-refractivity contribution in [1.82, 2.24) is 0 Å². The Morgan fingerprint density at radius 3 is 2.60 bits per heavy atom. The van der Waals surface area contributed by atoms with Gasteiger partial charge in [-0.3, -0.25) is 4.79 Å². The van der Waals surface area contributed by atoms with Crippen molar-refractivity contribution in [2.24, 2.45) is 0 Å². The van der Waals surface area contributed by atoms with E-state index in [9.17, 15) is 4.79 Å². The first kappa shape index (κ1) is 14.4. The van der Waals surface area contributed by atoms with E-state index in [-0.39, 0.29) is 12.3 Å². The number of ether oxygens (including phenoxy) is 3. The molecule has 0 N–H and O–H groups in total. The Morgan fingerprint density at radius 2 is 2.00 bits per heavy atom.